The zero-order chi connectivity index (χ0) is 19.9. The predicted molar refractivity (Wildman–Crippen MR) is 95.0 cm³/mol. The van der Waals surface area contributed by atoms with Crippen LogP contribution in [0.5, 0.6) is 5.75 Å². The van der Waals surface area contributed by atoms with Gasteiger partial charge >= 0.3 is 0 Å². The minimum atomic E-state index is -4.19. The Morgan fingerprint density at radius 3 is 2.59 bits per heavy atom. The number of oxazole rings is 1. The van der Waals surface area contributed by atoms with Crippen molar-refractivity contribution in [2.24, 2.45) is 5.92 Å². The quantitative estimate of drug-likeness (QED) is 0.810. The highest BCUT2D eigenvalue weighted by atomic mass is 32.2. The van der Waals surface area contributed by atoms with Gasteiger partial charge in [-0.1, -0.05) is 13.8 Å². The highest BCUT2D eigenvalue weighted by Crippen LogP contribution is 2.35. The van der Waals surface area contributed by atoms with E-state index in [1.54, 1.807) is 6.92 Å². The number of carbonyl (C=O) groups is 2. The van der Waals surface area contributed by atoms with E-state index >= 15 is 0 Å². The Hall–Kier alpha value is -2.88. The summed E-state index contributed by atoms with van der Waals surface area (Å²) in [6.07, 6.45) is 0.342. The van der Waals surface area contributed by atoms with Crippen LogP contribution in [0.25, 0.3) is 0 Å². The normalized spacial score (nSPS) is 16.5. The number of aryl methyl sites for hydroxylation is 2. The summed E-state index contributed by atoms with van der Waals surface area (Å²) < 4.78 is 37.9. The molecule has 1 aromatic heterocycles. The number of amides is 2. The van der Waals surface area contributed by atoms with Crippen LogP contribution in [0, 0.1) is 19.8 Å². The Morgan fingerprint density at radius 1 is 1.30 bits per heavy atom. The first-order valence-electron chi connectivity index (χ1n) is 8.20. The van der Waals surface area contributed by atoms with Crippen molar-refractivity contribution in [3.63, 3.8) is 0 Å². The summed E-state index contributed by atoms with van der Waals surface area (Å²) >= 11 is 0. The summed E-state index contributed by atoms with van der Waals surface area (Å²) in [6, 6.07) is 2.78. The molecule has 2 heterocycles. The van der Waals surface area contributed by atoms with Gasteiger partial charge in [-0.25, -0.2) is 18.1 Å². The fraction of sp³-hybridized carbons (Fsp3) is 0.353. The summed E-state index contributed by atoms with van der Waals surface area (Å²) in [4.78, 5) is 27.9. The van der Waals surface area contributed by atoms with Crippen LogP contribution in [0.2, 0.25) is 0 Å². The van der Waals surface area contributed by atoms with Gasteiger partial charge in [0, 0.05) is 13.0 Å². The fourth-order valence-corrected chi connectivity index (χ4v) is 3.89. The molecule has 9 nitrogen and oxygen atoms in total. The van der Waals surface area contributed by atoms with Crippen molar-refractivity contribution in [3.05, 3.63) is 35.5 Å². The molecular weight excluding hydrogens is 374 g/mol. The van der Waals surface area contributed by atoms with E-state index < -0.39 is 22.0 Å². The first-order valence-corrected chi connectivity index (χ1v) is 9.68. The van der Waals surface area contributed by atoms with Crippen molar-refractivity contribution in [1.82, 2.24) is 9.71 Å². The molecule has 2 N–H and O–H groups in total. The van der Waals surface area contributed by atoms with Gasteiger partial charge in [-0.05, 0) is 24.5 Å². The van der Waals surface area contributed by atoms with E-state index in [0.29, 0.717) is 11.3 Å². The number of hydrogen-bond acceptors (Lipinski definition) is 7. The Balaban J connectivity index is 1.93. The maximum Gasteiger partial charge on any atom is 0.286 e. The second kappa shape index (κ2) is 6.69. The highest BCUT2D eigenvalue weighted by Gasteiger charge is 2.32. The standard InChI is InChI=1S/C17H19N3O6S/c1-8(2)15-17(22)19-11-5-9(3)14(6-13(11)26-15)27(23,24)20-16(21)12-7-25-10(4)18-12/h5-8,15H,1-4H3,(H,19,22)(H,20,21). The smallest absolute Gasteiger partial charge is 0.286 e. The van der Waals surface area contributed by atoms with Crippen LogP contribution in [-0.2, 0) is 14.8 Å². The summed E-state index contributed by atoms with van der Waals surface area (Å²) in [7, 11) is -4.19. The molecule has 0 fully saturated rings. The number of nitrogens with one attached hydrogen (secondary N) is 2. The van der Waals surface area contributed by atoms with Crippen LogP contribution in [0.3, 0.4) is 0 Å². The molecule has 0 aliphatic carbocycles. The molecular formula is C17H19N3O6S. The molecule has 3 rings (SSSR count). The summed E-state index contributed by atoms with van der Waals surface area (Å²) in [5.74, 6) is -0.828. The molecule has 1 aliphatic rings. The SMILES string of the molecule is Cc1nc(C(=O)NS(=O)(=O)c2cc3c(cc2C)NC(=O)C(C(C)C)O3)co1. The van der Waals surface area contributed by atoms with Crippen molar-refractivity contribution < 1.29 is 27.2 Å². The monoisotopic (exact) mass is 393 g/mol. The molecule has 0 spiro atoms. The Morgan fingerprint density at radius 2 is 2.00 bits per heavy atom. The molecule has 27 heavy (non-hydrogen) atoms. The van der Waals surface area contributed by atoms with Crippen LogP contribution in [-0.4, -0.2) is 31.3 Å². The molecule has 0 saturated carbocycles. The zero-order valence-electron chi connectivity index (χ0n) is 15.2. The van der Waals surface area contributed by atoms with Gasteiger partial charge in [0.1, 0.15) is 12.0 Å². The Bertz CT molecular complexity index is 1030. The molecule has 144 valence electrons. The number of nitrogens with zero attached hydrogens (tertiary/aromatic N) is 1. The second-order valence-corrected chi connectivity index (χ2v) is 8.22. The minimum absolute atomic E-state index is 0.102. The van der Waals surface area contributed by atoms with Gasteiger partial charge in [-0.2, -0.15) is 0 Å². The molecule has 1 aliphatic heterocycles. The predicted octanol–water partition coefficient (Wildman–Crippen LogP) is 1.77. The first-order chi connectivity index (χ1) is 12.6. The third-order valence-corrected chi connectivity index (χ3v) is 5.49. The van der Waals surface area contributed by atoms with Gasteiger partial charge in [0.15, 0.2) is 17.7 Å². The molecule has 1 aromatic carbocycles. The second-order valence-electron chi connectivity index (χ2n) is 6.57. The number of fused-ring (bicyclic) bond motifs is 1. The molecule has 1 atom stereocenters. The number of sulfonamides is 1. The third-order valence-electron chi connectivity index (χ3n) is 4.02. The van der Waals surface area contributed by atoms with Gasteiger partial charge < -0.3 is 14.5 Å². The number of aromatic nitrogens is 1. The first kappa shape index (κ1) is 18.9. The van der Waals surface area contributed by atoms with E-state index in [1.165, 1.54) is 19.1 Å². The number of ether oxygens (including phenoxy) is 1. The summed E-state index contributed by atoms with van der Waals surface area (Å²) in [5, 5.41) is 2.71. The van der Waals surface area contributed by atoms with Crippen molar-refractivity contribution in [2.45, 2.75) is 38.7 Å². The van der Waals surface area contributed by atoms with Gasteiger partial charge in [-0.15, -0.1) is 0 Å². The van der Waals surface area contributed by atoms with Crippen LogP contribution < -0.4 is 14.8 Å². The number of benzene rings is 1. The summed E-state index contributed by atoms with van der Waals surface area (Å²) in [5.41, 5.74) is 0.583. The zero-order valence-corrected chi connectivity index (χ0v) is 16.0. The lowest BCUT2D eigenvalue weighted by Gasteiger charge is -2.29. The van der Waals surface area contributed by atoms with E-state index in [0.717, 1.165) is 6.26 Å². The lowest BCUT2D eigenvalue weighted by Crippen LogP contribution is -2.40. The van der Waals surface area contributed by atoms with Crippen LogP contribution in [0.1, 0.15) is 35.8 Å². The third kappa shape index (κ3) is 3.65. The molecule has 10 heteroatoms. The largest absolute Gasteiger partial charge is 0.478 e. The van der Waals surface area contributed by atoms with E-state index in [2.05, 4.69) is 10.3 Å². The molecule has 2 aromatic rings. The number of carbonyl (C=O) groups excluding carboxylic acids is 2. The molecule has 2 amide bonds. The van der Waals surface area contributed by atoms with Crippen molar-refractivity contribution in [1.29, 1.82) is 0 Å². The lowest BCUT2D eigenvalue weighted by molar-refractivity contribution is -0.125. The van der Waals surface area contributed by atoms with Gasteiger partial charge in [0.05, 0.1) is 10.6 Å². The van der Waals surface area contributed by atoms with Crippen molar-refractivity contribution in [2.75, 3.05) is 5.32 Å². The van der Waals surface area contributed by atoms with Gasteiger partial charge in [0.25, 0.3) is 21.8 Å². The van der Waals surface area contributed by atoms with E-state index in [9.17, 15) is 18.0 Å². The van der Waals surface area contributed by atoms with E-state index in [1.807, 2.05) is 18.6 Å². The summed E-state index contributed by atoms with van der Waals surface area (Å²) in [6.45, 7) is 6.73. The van der Waals surface area contributed by atoms with E-state index in [4.69, 9.17) is 9.15 Å². The van der Waals surface area contributed by atoms with Gasteiger partial charge in [0.2, 0.25) is 0 Å². The lowest BCUT2D eigenvalue weighted by atomic mass is 10.0. The topological polar surface area (TPSA) is 128 Å². The van der Waals surface area contributed by atoms with Crippen LogP contribution in [0.4, 0.5) is 5.69 Å². The fourth-order valence-electron chi connectivity index (χ4n) is 2.68. The maximum atomic E-state index is 12.7. The van der Waals surface area contributed by atoms with Gasteiger partial charge in [-0.3, -0.25) is 9.59 Å². The van der Waals surface area contributed by atoms with Crippen molar-refractivity contribution in [3.8, 4) is 5.75 Å². The average Bonchev–Trinajstić information content (AvgIpc) is 2.99. The molecule has 0 saturated heterocycles. The highest BCUT2D eigenvalue weighted by molar-refractivity contribution is 7.90. The number of rotatable bonds is 4. The Labute approximate surface area is 156 Å². The minimum Gasteiger partial charge on any atom is -0.478 e. The molecule has 0 radical (unpaired) electrons. The van der Waals surface area contributed by atoms with Crippen LogP contribution >= 0.6 is 0 Å². The van der Waals surface area contributed by atoms with E-state index in [-0.39, 0.29) is 34.1 Å². The molecule has 0 bridgehead atoms. The average molecular weight is 393 g/mol. The number of hydrogen-bond donors (Lipinski definition) is 2. The van der Waals surface area contributed by atoms with Crippen LogP contribution in [0.15, 0.2) is 27.7 Å². The van der Waals surface area contributed by atoms with Crippen molar-refractivity contribution >= 4 is 27.5 Å². The molecule has 1 unspecified atom stereocenters. The Kier molecular flexibility index (Phi) is 4.68. The maximum absolute atomic E-state index is 12.7. The number of anilines is 1.